The summed E-state index contributed by atoms with van der Waals surface area (Å²) in [5.74, 6) is -1.55. The van der Waals surface area contributed by atoms with Crippen molar-refractivity contribution in [2.45, 2.75) is 129 Å². The summed E-state index contributed by atoms with van der Waals surface area (Å²) in [6.45, 7) is -0.0142. The van der Waals surface area contributed by atoms with Crippen LogP contribution in [0.1, 0.15) is 75.8 Å². The topological polar surface area (TPSA) is 142 Å². The third-order valence-electron chi connectivity index (χ3n) is 13.2. The highest BCUT2D eigenvalue weighted by Gasteiger charge is 2.71. The van der Waals surface area contributed by atoms with Gasteiger partial charge in [-0.3, -0.25) is 23.9 Å². The van der Waals surface area contributed by atoms with Crippen LogP contribution in [0.5, 0.6) is 11.5 Å². The van der Waals surface area contributed by atoms with E-state index in [0.717, 1.165) is 0 Å². The van der Waals surface area contributed by atoms with Crippen molar-refractivity contribution in [2.24, 2.45) is 5.92 Å². The number of Topliss-reactive ketones (excluding diaryl/α,β-unsaturated/α-hetero) is 1. The fourth-order valence-electron chi connectivity index (χ4n) is 10.2. The van der Waals surface area contributed by atoms with Crippen LogP contribution in [0.15, 0.2) is 61.1 Å². The molecule has 0 aliphatic heterocycles. The number of nitrogens with zero attached hydrogens (tertiary/aromatic N) is 2. The maximum Gasteiger partial charge on any atom is 0.522 e. The molecule has 8 saturated carbocycles. The zero-order chi connectivity index (χ0) is 43.2. The summed E-state index contributed by atoms with van der Waals surface area (Å²) in [6.07, 6.45) is -7.23. The molecule has 1 heterocycles. The largest absolute Gasteiger partial charge is 0.522 e. The molecule has 328 valence electrons. The monoisotopic (exact) mass is 899 g/mol. The van der Waals surface area contributed by atoms with Crippen LogP contribution < -0.4 is 25.4 Å². The number of hydrogen-bond donors (Lipinski definition) is 3. The smallest absolute Gasteiger partial charge is 0.476 e. The second-order valence-electron chi connectivity index (χ2n) is 17.8. The van der Waals surface area contributed by atoms with Gasteiger partial charge in [-0.2, -0.15) is 0 Å². The van der Waals surface area contributed by atoms with Crippen molar-refractivity contribution < 1.29 is 59.7 Å². The number of ether oxygens (including phenoxy) is 4. The first-order valence-electron chi connectivity index (χ1n) is 20.0. The SMILES string of the molecule is O=C(CNC12CC(NC(=O)C(Oc3ccc(Cl)cc3)C(Oc3ccc(Cl)cc3)C(=O)NC34CC(n5cnc(C6CC(OC(F)(F)F)C6)c5)(C3)C4)(C1)C2)C1CC(OC(F)(F)F)C1. The van der Waals surface area contributed by atoms with Gasteiger partial charge in [-0.15, -0.1) is 26.3 Å². The molecule has 0 saturated heterocycles. The molecule has 61 heavy (non-hydrogen) atoms. The van der Waals surface area contributed by atoms with Crippen LogP contribution in [0.4, 0.5) is 26.3 Å². The van der Waals surface area contributed by atoms with Gasteiger partial charge in [-0.25, -0.2) is 4.98 Å². The molecular weight excluding hydrogens is 859 g/mol. The first-order chi connectivity index (χ1) is 28.7. The molecule has 0 radical (unpaired) electrons. The van der Waals surface area contributed by atoms with E-state index in [-0.39, 0.29) is 61.0 Å². The van der Waals surface area contributed by atoms with Gasteiger partial charge in [0, 0.05) is 44.7 Å². The number of ketones is 1. The van der Waals surface area contributed by atoms with E-state index in [4.69, 9.17) is 32.7 Å². The number of benzene rings is 2. The number of hydrogen-bond acceptors (Lipinski definition) is 9. The number of nitrogens with one attached hydrogen (secondary N) is 3. The van der Waals surface area contributed by atoms with Gasteiger partial charge in [-0.1, -0.05) is 23.2 Å². The Labute approximate surface area is 355 Å². The average molecular weight is 901 g/mol. The summed E-state index contributed by atoms with van der Waals surface area (Å²) >= 11 is 12.3. The molecule has 0 spiro atoms. The molecule has 4 bridgehead atoms. The summed E-state index contributed by atoms with van der Waals surface area (Å²) in [6, 6.07) is 12.6. The first kappa shape index (κ1) is 42.2. The van der Waals surface area contributed by atoms with Crippen molar-refractivity contribution in [3.05, 3.63) is 76.8 Å². The lowest BCUT2D eigenvalue weighted by Crippen LogP contribution is -2.84. The van der Waals surface area contributed by atoms with Gasteiger partial charge in [0.1, 0.15) is 17.3 Å². The molecular formula is C41H41Cl2F6N5O7. The lowest BCUT2D eigenvalue weighted by atomic mass is 9.44. The van der Waals surface area contributed by atoms with Gasteiger partial charge in [-0.05, 0) is 113 Å². The molecule has 2 atom stereocenters. The number of halogens is 8. The molecule has 3 N–H and O–H groups in total. The van der Waals surface area contributed by atoms with E-state index in [9.17, 15) is 40.7 Å². The van der Waals surface area contributed by atoms with Crippen LogP contribution in [-0.2, 0) is 29.4 Å². The molecule has 3 aromatic rings. The highest BCUT2D eigenvalue weighted by molar-refractivity contribution is 6.30. The highest BCUT2D eigenvalue weighted by Crippen LogP contribution is 2.65. The van der Waals surface area contributed by atoms with Crippen LogP contribution >= 0.6 is 23.2 Å². The molecule has 1 aromatic heterocycles. The first-order valence-corrected chi connectivity index (χ1v) is 20.7. The lowest BCUT2D eigenvalue weighted by Gasteiger charge is -2.71. The number of carbonyl (C=O) groups excluding carboxylic acids is 3. The fourth-order valence-corrected chi connectivity index (χ4v) is 10.4. The molecule has 8 fully saturated rings. The molecule has 2 amide bonds. The van der Waals surface area contributed by atoms with Gasteiger partial charge >= 0.3 is 12.7 Å². The summed E-state index contributed by atoms with van der Waals surface area (Å²) in [5.41, 5.74) is -1.31. The van der Waals surface area contributed by atoms with Crippen molar-refractivity contribution in [3.63, 3.8) is 0 Å². The zero-order valence-corrected chi connectivity index (χ0v) is 33.8. The second-order valence-corrected chi connectivity index (χ2v) is 18.7. The van der Waals surface area contributed by atoms with E-state index in [1.807, 2.05) is 10.8 Å². The van der Waals surface area contributed by atoms with E-state index in [2.05, 4.69) is 30.4 Å². The number of imidazole rings is 1. The summed E-state index contributed by atoms with van der Waals surface area (Å²) in [7, 11) is 0. The Morgan fingerprint density at radius 1 is 0.705 bits per heavy atom. The molecule has 8 aliphatic carbocycles. The predicted molar refractivity (Wildman–Crippen MR) is 204 cm³/mol. The number of aromatic nitrogens is 2. The summed E-state index contributed by atoms with van der Waals surface area (Å²) < 4.78 is 98.1. The Morgan fingerprint density at radius 2 is 1.16 bits per heavy atom. The Kier molecular flexibility index (Phi) is 10.4. The number of amides is 2. The van der Waals surface area contributed by atoms with E-state index in [1.54, 1.807) is 54.9 Å². The zero-order valence-electron chi connectivity index (χ0n) is 32.3. The van der Waals surface area contributed by atoms with Crippen molar-refractivity contribution in [1.82, 2.24) is 25.5 Å². The molecule has 12 nitrogen and oxygen atoms in total. The minimum absolute atomic E-state index is 0.0127. The normalized spacial score (nSPS) is 32.9. The van der Waals surface area contributed by atoms with E-state index in [1.165, 1.54) is 0 Å². The van der Waals surface area contributed by atoms with Crippen molar-refractivity contribution in [1.29, 1.82) is 0 Å². The molecule has 2 aromatic carbocycles. The Morgan fingerprint density at radius 3 is 1.64 bits per heavy atom. The van der Waals surface area contributed by atoms with Crippen molar-refractivity contribution in [2.75, 3.05) is 6.54 Å². The average Bonchev–Trinajstić information content (AvgIpc) is 3.57. The second kappa shape index (κ2) is 15.0. The standard InChI is InChI=1S/C41H41Cl2F6N5O7/c42-24-1-5-26(6-2-24)58-32(34(56)52-37-15-36(16-37,17-37)51-13-31(55)23-11-29(12-23)61-41(47,48)49)33(59-27-7-3-25(43)4-8-27)35(57)53-38-18-39(19-38,20-38)54-14-30(50-21-54)22-9-28(10-22)60-40(44,45)46/h1-8,14,21-23,28-29,32-33,51H,9-13,15-20H2,(H,52,56)(H,53,57). The van der Waals surface area contributed by atoms with Crippen LogP contribution in [0, 0.1) is 5.92 Å². The Balaban J connectivity index is 0.851. The Bertz CT molecular complexity index is 2140. The molecule has 20 heteroatoms. The van der Waals surface area contributed by atoms with Crippen molar-refractivity contribution in [3.8, 4) is 11.5 Å². The van der Waals surface area contributed by atoms with Crippen LogP contribution in [0.3, 0.4) is 0 Å². The summed E-state index contributed by atoms with van der Waals surface area (Å²) in [4.78, 5) is 46.0. The highest BCUT2D eigenvalue weighted by atomic mass is 35.5. The maximum absolute atomic E-state index is 14.4. The minimum atomic E-state index is -4.74. The third kappa shape index (κ3) is 8.67. The van der Waals surface area contributed by atoms with Crippen LogP contribution in [-0.4, -0.2) is 87.5 Å². The van der Waals surface area contributed by atoms with Crippen molar-refractivity contribution >= 4 is 40.8 Å². The minimum Gasteiger partial charge on any atom is -0.476 e. The lowest BCUT2D eigenvalue weighted by molar-refractivity contribution is -0.353. The van der Waals surface area contributed by atoms with E-state index >= 15 is 0 Å². The number of rotatable bonds is 17. The fraction of sp³-hybridized carbons (Fsp3) is 0.561. The van der Waals surface area contributed by atoms with E-state index in [0.29, 0.717) is 54.3 Å². The maximum atomic E-state index is 14.4. The summed E-state index contributed by atoms with van der Waals surface area (Å²) in [5, 5.41) is 10.3. The number of carbonyl (C=O) groups is 3. The number of alkyl halides is 6. The van der Waals surface area contributed by atoms with Gasteiger partial charge in [0.15, 0.2) is 0 Å². The molecule has 8 aliphatic rings. The quantitative estimate of drug-likeness (QED) is 0.124. The van der Waals surface area contributed by atoms with Gasteiger partial charge in [0.2, 0.25) is 12.2 Å². The molecule has 11 rings (SSSR count). The predicted octanol–water partition coefficient (Wildman–Crippen LogP) is 6.88. The van der Waals surface area contributed by atoms with Crippen LogP contribution in [0.25, 0.3) is 0 Å². The van der Waals surface area contributed by atoms with Crippen LogP contribution in [0.2, 0.25) is 10.0 Å². The van der Waals surface area contributed by atoms with Gasteiger partial charge in [0.05, 0.1) is 36.3 Å². The van der Waals surface area contributed by atoms with E-state index < -0.39 is 71.5 Å². The third-order valence-corrected chi connectivity index (χ3v) is 13.7. The van der Waals surface area contributed by atoms with Gasteiger partial charge < -0.3 is 30.0 Å². The molecule has 2 unspecified atom stereocenters. The Hall–Kier alpha value is -4.10. The van der Waals surface area contributed by atoms with Gasteiger partial charge in [0.25, 0.3) is 11.8 Å².